The highest BCUT2D eigenvalue weighted by Crippen LogP contribution is 2.03. The minimum Gasteiger partial charge on any atom is -0.392 e. The van der Waals surface area contributed by atoms with E-state index in [0.717, 1.165) is 19.5 Å². The van der Waals surface area contributed by atoms with Gasteiger partial charge in [0.2, 0.25) is 0 Å². The molecule has 0 radical (unpaired) electrons. The van der Waals surface area contributed by atoms with Crippen LogP contribution in [-0.2, 0) is 0 Å². The Hall–Kier alpha value is -0.0800. The fourth-order valence-electron chi connectivity index (χ4n) is 1.40. The molecule has 2 N–H and O–H groups in total. The van der Waals surface area contributed by atoms with Gasteiger partial charge in [0.05, 0.1) is 6.10 Å². The Morgan fingerprint density at radius 2 is 1.92 bits per heavy atom. The van der Waals surface area contributed by atoms with Gasteiger partial charge in [-0.15, -0.1) is 0 Å². The summed E-state index contributed by atoms with van der Waals surface area (Å²) in [7, 11) is 0. The van der Waals surface area contributed by atoms with Crippen LogP contribution in [0.25, 0.3) is 0 Å². The first-order chi connectivity index (χ1) is 6.16. The minimum atomic E-state index is -0.165. The first-order valence-electron chi connectivity index (χ1n) is 5.55. The maximum atomic E-state index is 9.51. The lowest BCUT2D eigenvalue weighted by Crippen LogP contribution is -2.28. The quantitative estimate of drug-likeness (QED) is 0.571. The zero-order valence-corrected chi connectivity index (χ0v) is 9.34. The first-order valence-corrected chi connectivity index (χ1v) is 5.55. The summed E-state index contributed by atoms with van der Waals surface area (Å²) in [4.78, 5) is 0. The number of aliphatic hydroxyl groups excluding tert-OH is 1. The summed E-state index contributed by atoms with van der Waals surface area (Å²) in [5.74, 6) is 0.590. The van der Waals surface area contributed by atoms with Crippen LogP contribution in [0.1, 0.15) is 46.5 Å². The van der Waals surface area contributed by atoms with Crippen LogP contribution in [0.2, 0.25) is 0 Å². The van der Waals surface area contributed by atoms with Crippen LogP contribution in [0.4, 0.5) is 0 Å². The van der Waals surface area contributed by atoms with Gasteiger partial charge in [0.15, 0.2) is 0 Å². The molecule has 2 heteroatoms. The molecule has 0 aromatic carbocycles. The Labute approximate surface area is 82.7 Å². The van der Waals surface area contributed by atoms with Crippen molar-refractivity contribution in [3.05, 3.63) is 0 Å². The molecule has 0 saturated heterocycles. The molecule has 0 aromatic rings. The van der Waals surface area contributed by atoms with Gasteiger partial charge in [-0.05, 0) is 25.3 Å². The molecular weight excluding hydrogens is 162 g/mol. The highest BCUT2D eigenvalue weighted by molar-refractivity contribution is 4.61. The SMILES string of the molecule is CCCCCNCC(O)CC(C)C. The van der Waals surface area contributed by atoms with Gasteiger partial charge >= 0.3 is 0 Å². The van der Waals surface area contributed by atoms with Crippen molar-refractivity contribution >= 4 is 0 Å². The van der Waals surface area contributed by atoms with Crippen molar-refractivity contribution in [1.82, 2.24) is 5.32 Å². The largest absolute Gasteiger partial charge is 0.392 e. The van der Waals surface area contributed by atoms with Crippen molar-refractivity contribution < 1.29 is 5.11 Å². The molecule has 0 aliphatic carbocycles. The summed E-state index contributed by atoms with van der Waals surface area (Å²) in [5.41, 5.74) is 0. The normalized spacial score (nSPS) is 13.6. The smallest absolute Gasteiger partial charge is 0.0667 e. The lowest BCUT2D eigenvalue weighted by Gasteiger charge is -2.13. The van der Waals surface area contributed by atoms with E-state index < -0.39 is 0 Å². The summed E-state index contributed by atoms with van der Waals surface area (Å²) >= 11 is 0. The zero-order chi connectivity index (χ0) is 10.1. The van der Waals surface area contributed by atoms with Crippen LogP contribution < -0.4 is 5.32 Å². The van der Waals surface area contributed by atoms with E-state index in [2.05, 4.69) is 26.1 Å². The van der Waals surface area contributed by atoms with Crippen molar-refractivity contribution in [3.63, 3.8) is 0 Å². The molecule has 0 aliphatic heterocycles. The lowest BCUT2D eigenvalue weighted by atomic mass is 10.1. The number of nitrogens with one attached hydrogen (secondary N) is 1. The van der Waals surface area contributed by atoms with Crippen LogP contribution in [0, 0.1) is 5.92 Å². The molecule has 0 rings (SSSR count). The third kappa shape index (κ3) is 9.84. The summed E-state index contributed by atoms with van der Waals surface area (Å²) < 4.78 is 0. The standard InChI is InChI=1S/C11H25NO/c1-4-5-6-7-12-9-11(13)8-10(2)3/h10-13H,4-9H2,1-3H3. The highest BCUT2D eigenvalue weighted by atomic mass is 16.3. The molecule has 0 fully saturated rings. The van der Waals surface area contributed by atoms with Crippen molar-refractivity contribution in [2.45, 2.75) is 52.6 Å². The topological polar surface area (TPSA) is 32.3 Å². The van der Waals surface area contributed by atoms with E-state index in [1.54, 1.807) is 0 Å². The molecule has 1 atom stereocenters. The van der Waals surface area contributed by atoms with Gasteiger partial charge in [0.1, 0.15) is 0 Å². The highest BCUT2D eigenvalue weighted by Gasteiger charge is 2.05. The molecule has 0 spiro atoms. The Morgan fingerprint density at radius 1 is 1.23 bits per heavy atom. The van der Waals surface area contributed by atoms with Gasteiger partial charge in [-0.25, -0.2) is 0 Å². The van der Waals surface area contributed by atoms with E-state index in [0.29, 0.717) is 5.92 Å². The average Bonchev–Trinajstić information content (AvgIpc) is 2.02. The van der Waals surface area contributed by atoms with Gasteiger partial charge in [-0.1, -0.05) is 33.6 Å². The molecule has 0 amide bonds. The Kier molecular flexibility index (Phi) is 8.46. The van der Waals surface area contributed by atoms with E-state index in [1.807, 2.05) is 0 Å². The molecule has 1 unspecified atom stereocenters. The number of rotatable bonds is 8. The summed E-state index contributed by atoms with van der Waals surface area (Å²) in [6.45, 7) is 8.28. The van der Waals surface area contributed by atoms with Gasteiger partial charge in [-0.2, -0.15) is 0 Å². The van der Waals surface area contributed by atoms with E-state index in [9.17, 15) is 5.11 Å². The van der Waals surface area contributed by atoms with Crippen molar-refractivity contribution in [1.29, 1.82) is 0 Å². The molecular formula is C11H25NO. The molecule has 13 heavy (non-hydrogen) atoms. The molecule has 0 saturated carbocycles. The fourth-order valence-corrected chi connectivity index (χ4v) is 1.40. The van der Waals surface area contributed by atoms with Crippen LogP contribution in [0.5, 0.6) is 0 Å². The second-order valence-corrected chi connectivity index (χ2v) is 4.19. The first kappa shape index (κ1) is 12.9. The predicted octanol–water partition coefficient (Wildman–Crippen LogP) is 2.17. The van der Waals surface area contributed by atoms with Gasteiger partial charge in [0, 0.05) is 6.54 Å². The molecule has 0 aromatic heterocycles. The van der Waals surface area contributed by atoms with Gasteiger partial charge in [-0.3, -0.25) is 0 Å². The van der Waals surface area contributed by atoms with Crippen molar-refractivity contribution in [2.24, 2.45) is 5.92 Å². The molecule has 0 aliphatic rings. The number of hydrogen-bond donors (Lipinski definition) is 2. The summed E-state index contributed by atoms with van der Waals surface area (Å²) in [5, 5.41) is 12.8. The zero-order valence-electron chi connectivity index (χ0n) is 9.34. The van der Waals surface area contributed by atoms with Crippen LogP contribution >= 0.6 is 0 Å². The third-order valence-electron chi connectivity index (χ3n) is 2.08. The second-order valence-electron chi connectivity index (χ2n) is 4.19. The van der Waals surface area contributed by atoms with Crippen LogP contribution in [0.15, 0.2) is 0 Å². The average molecular weight is 187 g/mol. The molecule has 0 heterocycles. The van der Waals surface area contributed by atoms with Crippen molar-refractivity contribution in [3.8, 4) is 0 Å². The fraction of sp³-hybridized carbons (Fsp3) is 1.00. The van der Waals surface area contributed by atoms with E-state index in [-0.39, 0.29) is 6.10 Å². The predicted molar refractivity (Wildman–Crippen MR) is 57.9 cm³/mol. The molecule has 0 bridgehead atoms. The molecule has 2 nitrogen and oxygen atoms in total. The Balaban J connectivity index is 3.12. The van der Waals surface area contributed by atoms with Crippen LogP contribution in [0.3, 0.4) is 0 Å². The van der Waals surface area contributed by atoms with Crippen LogP contribution in [-0.4, -0.2) is 24.3 Å². The lowest BCUT2D eigenvalue weighted by molar-refractivity contribution is 0.146. The maximum Gasteiger partial charge on any atom is 0.0667 e. The maximum absolute atomic E-state index is 9.51. The minimum absolute atomic E-state index is 0.165. The summed E-state index contributed by atoms with van der Waals surface area (Å²) in [6.07, 6.45) is 4.51. The number of hydrogen-bond acceptors (Lipinski definition) is 2. The van der Waals surface area contributed by atoms with E-state index in [1.165, 1.54) is 19.3 Å². The van der Waals surface area contributed by atoms with Gasteiger partial charge < -0.3 is 10.4 Å². The number of unbranched alkanes of at least 4 members (excludes halogenated alkanes) is 2. The van der Waals surface area contributed by atoms with E-state index in [4.69, 9.17) is 0 Å². The van der Waals surface area contributed by atoms with E-state index >= 15 is 0 Å². The number of aliphatic hydroxyl groups is 1. The van der Waals surface area contributed by atoms with Gasteiger partial charge in [0.25, 0.3) is 0 Å². The Morgan fingerprint density at radius 3 is 2.46 bits per heavy atom. The Bertz CT molecular complexity index is 104. The second kappa shape index (κ2) is 8.52. The van der Waals surface area contributed by atoms with Crippen molar-refractivity contribution in [2.75, 3.05) is 13.1 Å². The third-order valence-corrected chi connectivity index (χ3v) is 2.08. The molecule has 80 valence electrons. The monoisotopic (exact) mass is 187 g/mol. The summed E-state index contributed by atoms with van der Waals surface area (Å²) in [6, 6.07) is 0.